The lowest BCUT2D eigenvalue weighted by molar-refractivity contribution is -0.138. The number of hydrogen-bond acceptors (Lipinski definition) is 8. The normalized spacial score (nSPS) is 18.6. The Bertz CT molecular complexity index is 839. The molecule has 2 aromatic rings. The smallest absolute Gasteiger partial charge is 0.409 e. The lowest BCUT2D eigenvalue weighted by Crippen LogP contribution is -2.53. The van der Waals surface area contributed by atoms with E-state index in [0.717, 1.165) is 30.8 Å². The number of hydrogen-bond donors (Lipinski definition) is 0. The summed E-state index contributed by atoms with van der Waals surface area (Å²) in [7, 11) is 0. The maximum atomic E-state index is 12.9. The van der Waals surface area contributed by atoms with Crippen LogP contribution < -0.4 is 0 Å². The van der Waals surface area contributed by atoms with E-state index < -0.39 is 0 Å². The van der Waals surface area contributed by atoms with Crippen LogP contribution in [-0.4, -0.2) is 82.7 Å². The number of carbonyl (C=O) groups is 2. The van der Waals surface area contributed by atoms with Gasteiger partial charge < -0.3 is 19.1 Å². The molecule has 0 saturated carbocycles. The molecule has 0 bridgehead atoms. The number of piperidine rings is 1. The first-order chi connectivity index (χ1) is 14.6. The molecule has 4 rings (SSSR count). The fourth-order valence-corrected chi connectivity index (χ4v) is 4.59. The van der Waals surface area contributed by atoms with Crippen LogP contribution in [0.1, 0.15) is 25.7 Å². The Morgan fingerprint density at radius 1 is 1.17 bits per heavy atom. The SMILES string of the molecule is CCOC(=O)N1CCN(C(=O)C2CCN(Cc3nc(-c4cccs4)no3)CC2)CC1. The minimum atomic E-state index is -0.291. The molecule has 0 aromatic carbocycles. The standard InChI is InChI=1S/C20H27N5O4S/c1-2-28-20(27)25-11-9-24(10-12-25)19(26)15-5-7-23(8-6-15)14-17-21-18(22-29-17)16-4-3-13-30-16/h3-4,13,15H,2,5-12,14H2,1H3. The summed E-state index contributed by atoms with van der Waals surface area (Å²) in [6.07, 6.45) is 1.35. The first-order valence-corrected chi connectivity index (χ1v) is 11.3. The number of thiophene rings is 1. The van der Waals surface area contributed by atoms with Gasteiger partial charge in [0.15, 0.2) is 0 Å². The van der Waals surface area contributed by atoms with E-state index >= 15 is 0 Å². The van der Waals surface area contributed by atoms with Crippen LogP contribution in [0, 0.1) is 5.92 Å². The average Bonchev–Trinajstić information content (AvgIpc) is 3.46. The lowest BCUT2D eigenvalue weighted by atomic mass is 9.95. The van der Waals surface area contributed by atoms with Crippen molar-refractivity contribution in [3.63, 3.8) is 0 Å². The van der Waals surface area contributed by atoms with Gasteiger partial charge >= 0.3 is 6.09 Å². The summed E-state index contributed by atoms with van der Waals surface area (Å²) in [5, 5.41) is 6.05. The molecule has 2 aliphatic rings. The monoisotopic (exact) mass is 433 g/mol. The van der Waals surface area contributed by atoms with E-state index in [-0.39, 0.29) is 17.9 Å². The highest BCUT2D eigenvalue weighted by Gasteiger charge is 2.32. The number of piperazine rings is 1. The fraction of sp³-hybridized carbons (Fsp3) is 0.600. The van der Waals surface area contributed by atoms with Crippen molar-refractivity contribution in [2.45, 2.75) is 26.3 Å². The zero-order valence-electron chi connectivity index (χ0n) is 17.2. The van der Waals surface area contributed by atoms with Crippen LogP contribution >= 0.6 is 11.3 Å². The Hall–Kier alpha value is -2.46. The van der Waals surface area contributed by atoms with E-state index in [1.54, 1.807) is 23.2 Å². The molecule has 0 N–H and O–H groups in total. The summed E-state index contributed by atoms with van der Waals surface area (Å²) in [4.78, 5) is 36.0. The molecule has 0 unspecified atom stereocenters. The Balaban J connectivity index is 1.22. The maximum Gasteiger partial charge on any atom is 0.409 e. The molecule has 0 atom stereocenters. The predicted octanol–water partition coefficient (Wildman–Crippen LogP) is 2.31. The van der Waals surface area contributed by atoms with E-state index in [0.29, 0.717) is 51.0 Å². The van der Waals surface area contributed by atoms with Crippen molar-refractivity contribution in [3.8, 4) is 10.7 Å². The van der Waals surface area contributed by atoms with Crippen LogP contribution in [-0.2, 0) is 16.1 Å². The van der Waals surface area contributed by atoms with Gasteiger partial charge in [-0.05, 0) is 44.3 Å². The van der Waals surface area contributed by atoms with Crippen molar-refractivity contribution in [1.29, 1.82) is 0 Å². The second-order valence-corrected chi connectivity index (χ2v) is 8.50. The lowest BCUT2D eigenvalue weighted by Gasteiger charge is -2.38. The number of aromatic nitrogens is 2. The molecule has 2 fully saturated rings. The highest BCUT2D eigenvalue weighted by Crippen LogP contribution is 2.24. The third-order valence-electron chi connectivity index (χ3n) is 5.62. The van der Waals surface area contributed by atoms with Gasteiger partial charge in [0.25, 0.3) is 0 Å². The van der Waals surface area contributed by atoms with Crippen LogP contribution in [0.4, 0.5) is 4.79 Å². The predicted molar refractivity (Wildman–Crippen MR) is 111 cm³/mol. The van der Waals surface area contributed by atoms with E-state index in [2.05, 4.69) is 15.0 Å². The number of carbonyl (C=O) groups excluding carboxylic acids is 2. The van der Waals surface area contributed by atoms with Crippen LogP contribution in [0.15, 0.2) is 22.0 Å². The molecule has 0 spiro atoms. The van der Waals surface area contributed by atoms with Gasteiger partial charge in [-0.1, -0.05) is 11.2 Å². The van der Waals surface area contributed by atoms with Gasteiger partial charge in [-0.2, -0.15) is 4.98 Å². The van der Waals surface area contributed by atoms with Crippen LogP contribution in [0.5, 0.6) is 0 Å². The van der Waals surface area contributed by atoms with Crippen molar-refractivity contribution in [1.82, 2.24) is 24.8 Å². The van der Waals surface area contributed by atoms with E-state index in [4.69, 9.17) is 9.26 Å². The van der Waals surface area contributed by atoms with Gasteiger partial charge in [0.1, 0.15) is 0 Å². The van der Waals surface area contributed by atoms with Gasteiger partial charge in [-0.25, -0.2) is 4.79 Å². The fourth-order valence-electron chi connectivity index (χ4n) is 3.94. The van der Waals surface area contributed by atoms with E-state index in [9.17, 15) is 9.59 Å². The highest BCUT2D eigenvalue weighted by atomic mass is 32.1. The van der Waals surface area contributed by atoms with Crippen LogP contribution in [0.2, 0.25) is 0 Å². The number of amides is 2. The first kappa shape index (κ1) is 20.8. The Morgan fingerprint density at radius 2 is 1.90 bits per heavy atom. The molecular formula is C20H27N5O4S. The molecule has 2 aliphatic heterocycles. The molecule has 9 nitrogen and oxygen atoms in total. The van der Waals surface area contributed by atoms with E-state index in [1.165, 1.54) is 0 Å². The quantitative estimate of drug-likeness (QED) is 0.714. The molecule has 10 heteroatoms. The summed E-state index contributed by atoms with van der Waals surface area (Å²) in [5.74, 6) is 1.49. The number of rotatable bonds is 5. The van der Waals surface area contributed by atoms with Crippen molar-refractivity contribution in [2.24, 2.45) is 5.92 Å². The Kier molecular flexibility index (Phi) is 6.63. The summed E-state index contributed by atoms with van der Waals surface area (Å²) >= 11 is 1.59. The number of nitrogens with zero attached hydrogens (tertiary/aromatic N) is 5. The first-order valence-electron chi connectivity index (χ1n) is 10.4. The maximum absolute atomic E-state index is 12.9. The summed E-state index contributed by atoms with van der Waals surface area (Å²) in [5.41, 5.74) is 0. The van der Waals surface area contributed by atoms with Gasteiger partial charge in [-0.3, -0.25) is 9.69 Å². The van der Waals surface area contributed by atoms with Crippen LogP contribution in [0.25, 0.3) is 10.7 Å². The molecule has 162 valence electrons. The summed E-state index contributed by atoms with van der Waals surface area (Å²) in [6.45, 7) is 6.65. The molecule has 2 amide bonds. The highest BCUT2D eigenvalue weighted by molar-refractivity contribution is 7.13. The Labute approximate surface area is 179 Å². The van der Waals surface area contributed by atoms with Crippen molar-refractivity contribution in [2.75, 3.05) is 45.9 Å². The number of ether oxygens (including phenoxy) is 1. The van der Waals surface area contributed by atoms with Gasteiger partial charge in [0.05, 0.1) is 18.0 Å². The topological polar surface area (TPSA) is 92.0 Å². The second-order valence-electron chi connectivity index (χ2n) is 7.55. The van der Waals surface area contributed by atoms with Crippen molar-refractivity contribution >= 4 is 23.3 Å². The minimum absolute atomic E-state index is 0.0414. The number of likely N-dealkylation sites (tertiary alicyclic amines) is 1. The van der Waals surface area contributed by atoms with Crippen molar-refractivity contribution in [3.05, 3.63) is 23.4 Å². The molecule has 0 radical (unpaired) electrons. The molecule has 2 aromatic heterocycles. The molecule has 0 aliphatic carbocycles. The zero-order valence-corrected chi connectivity index (χ0v) is 18.0. The Morgan fingerprint density at radius 3 is 2.57 bits per heavy atom. The summed E-state index contributed by atoms with van der Waals surface area (Å²) in [6, 6.07) is 3.94. The largest absolute Gasteiger partial charge is 0.450 e. The minimum Gasteiger partial charge on any atom is -0.450 e. The molecule has 4 heterocycles. The average molecular weight is 434 g/mol. The second kappa shape index (κ2) is 9.57. The van der Waals surface area contributed by atoms with Gasteiger partial charge in [-0.15, -0.1) is 11.3 Å². The zero-order chi connectivity index (χ0) is 20.9. The van der Waals surface area contributed by atoms with Crippen molar-refractivity contribution < 1.29 is 18.8 Å². The molecule has 30 heavy (non-hydrogen) atoms. The van der Waals surface area contributed by atoms with Gasteiger partial charge in [0.2, 0.25) is 17.6 Å². The third-order valence-corrected chi connectivity index (χ3v) is 6.49. The molecule has 2 saturated heterocycles. The van der Waals surface area contributed by atoms with E-state index in [1.807, 2.05) is 22.4 Å². The van der Waals surface area contributed by atoms with Crippen LogP contribution in [0.3, 0.4) is 0 Å². The summed E-state index contributed by atoms with van der Waals surface area (Å²) < 4.78 is 10.4. The third kappa shape index (κ3) is 4.81. The molecular weight excluding hydrogens is 406 g/mol. The van der Waals surface area contributed by atoms with Gasteiger partial charge in [0, 0.05) is 32.1 Å².